The molecule has 0 saturated carbocycles. The molecule has 2 heterocycles. The Labute approximate surface area is 161 Å². The Hall–Kier alpha value is -1.70. The van der Waals surface area contributed by atoms with Crippen molar-refractivity contribution in [3.8, 4) is 0 Å². The number of anilines is 2. The molecule has 1 saturated heterocycles. The van der Waals surface area contributed by atoms with E-state index < -0.39 is 5.91 Å². The molecule has 0 aliphatic carbocycles. The Balaban J connectivity index is 0.00000225. The van der Waals surface area contributed by atoms with Crippen LogP contribution in [0.4, 0.5) is 11.6 Å². The van der Waals surface area contributed by atoms with Crippen LogP contribution >= 0.6 is 28.3 Å². The normalized spacial score (nSPS) is 16.3. The first-order valence-electron chi connectivity index (χ1n) is 7.92. The monoisotopic (exact) mass is 426 g/mol. The topological polar surface area (TPSA) is 90.1 Å². The van der Waals surface area contributed by atoms with Crippen molar-refractivity contribution in [2.45, 2.75) is 31.8 Å². The van der Waals surface area contributed by atoms with Crippen LogP contribution in [-0.2, 0) is 11.2 Å². The summed E-state index contributed by atoms with van der Waals surface area (Å²) in [6.45, 7) is 0.865. The third kappa shape index (κ3) is 5.39. The lowest BCUT2D eigenvalue weighted by molar-refractivity contribution is 0.1000. The molecule has 25 heavy (non-hydrogen) atoms. The number of halogens is 2. The van der Waals surface area contributed by atoms with Gasteiger partial charge in [0.2, 0.25) is 11.9 Å². The number of aromatic nitrogens is 2. The minimum absolute atomic E-state index is 0. The van der Waals surface area contributed by atoms with E-state index in [1.807, 2.05) is 0 Å². The number of nitrogens with two attached hydrogens (primary N) is 1. The smallest absolute Gasteiger partial charge is 0.248 e. The Morgan fingerprint density at radius 3 is 2.76 bits per heavy atom. The first kappa shape index (κ1) is 19.6. The van der Waals surface area contributed by atoms with Gasteiger partial charge in [0.05, 0.1) is 16.3 Å². The molecule has 1 unspecified atom stereocenters. The zero-order valence-electron chi connectivity index (χ0n) is 13.6. The van der Waals surface area contributed by atoms with Crippen LogP contribution in [0.15, 0.2) is 34.9 Å². The summed E-state index contributed by atoms with van der Waals surface area (Å²) in [5.74, 6) is 0.0743. The van der Waals surface area contributed by atoms with Crippen molar-refractivity contribution in [3.63, 3.8) is 0 Å². The van der Waals surface area contributed by atoms with Crippen LogP contribution in [0.1, 0.15) is 35.3 Å². The standard InChI is InChI=1S/C17H19BrN4O2.ClH/c18-14-10-20-17(21-12-5-3-11(4-6-12)16(19)23)22-15(14)8-7-13-2-1-9-24-13;/h3-6,10,13H,1-2,7-9H2,(H2,19,23)(H,20,21,22);1H. The number of rotatable bonds is 6. The molecule has 1 amide bonds. The molecule has 0 radical (unpaired) electrons. The average Bonchev–Trinajstić information content (AvgIpc) is 3.09. The summed E-state index contributed by atoms with van der Waals surface area (Å²) >= 11 is 3.51. The third-order valence-electron chi connectivity index (χ3n) is 3.97. The van der Waals surface area contributed by atoms with Crippen molar-refractivity contribution in [3.05, 3.63) is 46.2 Å². The predicted molar refractivity (Wildman–Crippen MR) is 103 cm³/mol. The van der Waals surface area contributed by atoms with Crippen molar-refractivity contribution in [1.29, 1.82) is 0 Å². The summed E-state index contributed by atoms with van der Waals surface area (Å²) in [6, 6.07) is 6.89. The molecule has 1 aromatic heterocycles. The Morgan fingerprint density at radius 2 is 2.12 bits per heavy atom. The molecule has 0 bridgehead atoms. The van der Waals surface area contributed by atoms with Crippen molar-refractivity contribution in [2.75, 3.05) is 11.9 Å². The molecule has 1 fully saturated rings. The van der Waals surface area contributed by atoms with Crippen molar-refractivity contribution in [2.24, 2.45) is 5.73 Å². The molecule has 0 spiro atoms. The van der Waals surface area contributed by atoms with Gasteiger partial charge in [-0.3, -0.25) is 4.79 Å². The molecule has 2 aromatic rings. The van der Waals surface area contributed by atoms with Gasteiger partial charge in [0.25, 0.3) is 0 Å². The predicted octanol–water partition coefficient (Wildman–Crippen LogP) is 3.62. The number of nitrogens with zero attached hydrogens (tertiary/aromatic N) is 2. The van der Waals surface area contributed by atoms with E-state index in [1.54, 1.807) is 30.5 Å². The maximum atomic E-state index is 11.1. The number of aryl methyl sites for hydroxylation is 1. The third-order valence-corrected chi connectivity index (χ3v) is 4.63. The number of carbonyl (C=O) groups excluding carboxylic acids is 1. The maximum absolute atomic E-state index is 11.1. The molecular formula is C17H20BrClN4O2. The molecular weight excluding hydrogens is 408 g/mol. The van der Waals surface area contributed by atoms with Gasteiger partial charge >= 0.3 is 0 Å². The van der Waals surface area contributed by atoms with Crippen LogP contribution < -0.4 is 11.1 Å². The summed E-state index contributed by atoms with van der Waals surface area (Å²) in [4.78, 5) is 19.9. The maximum Gasteiger partial charge on any atom is 0.248 e. The molecule has 1 aliphatic rings. The molecule has 1 aromatic carbocycles. The average molecular weight is 428 g/mol. The molecule has 3 rings (SSSR count). The fraction of sp³-hybridized carbons (Fsp3) is 0.353. The van der Waals surface area contributed by atoms with Gasteiger partial charge in [-0.1, -0.05) is 0 Å². The molecule has 6 nitrogen and oxygen atoms in total. The van der Waals surface area contributed by atoms with Gasteiger partial charge < -0.3 is 15.8 Å². The summed E-state index contributed by atoms with van der Waals surface area (Å²) < 4.78 is 6.56. The molecule has 3 N–H and O–H groups in total. The lowest BCUT2D eigenvalue weighted by Crippen LogP contribution is -2.10. The number of ether oxygens (including phenoxy) is 1. The number of nitrogens with one attached hydrogen (secondary N) is 1. The Bertz CT molecular complexity index is 721. The van der Waals surface area contributed by atoms with Gasteiger partial charge in [-0.25, -0.2) is 9.97 Å². The fourth-order valence-electron chi connectivity index (χ4n) is 2.65. The second-order valence-corrected chi connectivity index (χ2v) is 6.58. The van der Waals surface area contributed by atoms with Crippen LogP contribution in [0.5, 0.6) is 0 Å². The minimum Gasteiger partial charge on any atom is -0.378 e. The highest BCUT2D eigenvalue weighted by Crippen LogP contribution is 2.22. The minimum atomic E-state index is -0.446. The van der Waals surface area contributed by atoms with Gasteiger partial charge in [0, 0.05) is 24.1 Å². The Kier molecular flexibility index (Phi) is 7.16. The second-order valence-electron chi connectivity index (χ2n) is 5.73. The molecule has 8 heteroatoms. The summed E-state index contributed by atoms with van der Waals surface area (Å²) in [7, 11) is 0. The SMILES string of the molecule is Cl.NC(=O)c1ccc(Nc2ncc(Br)c(CCC3CCCO3)n2)cc1. The number of amides is 1. The number of primary amides is 1. The van der Waals surface area contributed by atoms with Crippen molar-refractivity contribution < 1.29 is 9.53 Å². The number of carbonyl (C=O) groups is 1. The Morgan fingerprint density at radius 1 is 1.36 bits per heavy atom. The highest BCUT2D eigenvalue weighted by molar-refractivity contribution is 9.10. The first-order valence-corrected chi connectivity index (χ1v) is 8.71. The van der Waals surface area contributed by atoms with E-state index >= 15 is 0 Å². The van der Waals surface area contributed by atoms with E-state index in [-0.39, 0.29) is 12.4 Å². The highest BCUT2D eigenvalue weighted by Gasteiger charge is 2.16. The van der Waals surface area contributed by atoms with Crippen LogP contribution in [0.25, 0.3) is 0 Å². The van der Waals surface area contributed by atoms with E-state index in [9.17, 15) is 4.79 Å². The molecule has 134 valence electrons. The van der Waals surface area contributed by atoms with Gasteiger partial charge in [-0.15, -0.1) is 12.4 Å². The quantitative estimate of drug-likeness (QED) is 0.735. The van der Waals surface area contributed by atoms with Crippen LogP contribution in [0.2, 0.25) is 0 Å². The summed E-state index contributed by atoms with van der Waals surface area (Å²) in [6.07, 6.45) is 6.15. The van der Waals surface area contributed by atoms with E-state index in [0.29, 0.717) is 17.6 Å². The summed E-state index contributed by atoms with van der Waals surface area (Å²) in [5, 5.41) is 3.14. The van der Waals surface area contributed by atoms with Crippen molar-refractivity contribution >= 4 is 45.9 Å². The fourth-order valence-corrected chi connectivity index (χ4v) is 3.04. The van der Waals surface area contributed by atoms with E-state index in [4.69, 9.17) is 10.5 Å². The lowest BCUT2D eigenvalue weighted by atomic mass is 10.1. The molecule has 1 atom stereocenters. The highest BCUT2D eigenvalue weighted by atomic mass is 79.9. The largest absolute Gasteiger partial charge is 0.378 e. The van der Waals surface area contributed by atoms with E-state index in [2.05, 4.69) is 31.2 Å². The van der Waals surface area contributed by atoms with Gasteiger partial charge in [0.1, 0.15) is 0 Å². The second kappa shape index (κ2) is 9.12. The van der Waals surface area contributed by atoms with Crippen LogP contribution in [-0.4, -0.2) is 28.6 Å². The van der Waals surface area contributed by atoms with Gasteiger partial charge in [-0.05, 0) is 65.9 Å². The lowest BCUT2D eigenvalue weighted by Gasteiger charge is -2.11. The van der Waals surface area contributed by atoms with Gasteiger partial charge in [0.15, 0.2) is 0 Å². The number of hydrogen-bond donors (Lipinski definition) is 2. The van der Waals surface area contributed by atoms with E-state index in [1.165, 1.54) is 0 Å². The first-order chi connectivity index (χ1) is 11.6. The van der Waals surface area contributed by atoms with Gasteiger partial charge in [-0.2, -0.15) is 0 Å². The van der Waals surface area contributed by atoms with E-state index in [0.717, 1.165) is 48.1 Å². The summed E-state index contributed by atoms with van der Waals surface area (Å²) in [5.41, 5.74) is 7.46. The zero-order valence-corrected chi connectivity index (χ0v) is 16.0. The zero-order chi connectivity index (χ0) is 16.9. The molecule has 1 aliphatic heterocycles. The van der Waals surface area contributed by atoms with Crippen LogP contribution in [0.3, 0.4) is 0 Å². The number of benzene rings is 1. The van der Waals surface area contributed by atoms with Crippen molar-refractivity contribution in [1.82, 2.24) is 9.97 Å². The number of hydrogen-bond acceptors (Lipinski definition) is 5. The van der Waals surface area contributed by atoms with Crippen LogP contribution in [0, 0.1) is 0 Å².